The molecule has 0 saturated carbocycles. The van der Waals surface area contributed by atoms with Crippen molar-refractivity contribution in [3.63, 3.8) is 0 Å². The lowest BCUT2D eigenvalue weighted by Crippen LogP contribution is -2.45. The van der Waals surface area contributed by atoms with Crippen LogP contribution < -0.4 is 15.4 Å². The molecule has 13 heteroatoms. The topological polar surface area (TPSA) is 166 Å². The Hall–Kier alpha value is -5.72. The smallest absolute Gasteiger partial charge is 0.326 e. The number of carboxylic acids is 1. The third-order valence-electron chi connectivity index (χ3n) is 8.79. The Balaban J connectivity index is 1.10. The standard InChI is InChI=1S/C36H39N5O8/c1-23-8-3-6-11-27(23)37-36(48)38-28-14-12-24(22-30(28)49-2)13-16-31(42)39-18-7-19-40(21-20-39)32(43)17-15-29(35(46)47)41-33(44)25-9-4-5-10-26(25)34(41)45/h3-6,8-12,14,22,29H,7,13,15-21H2,1-2H3,(H,46,47)(H2,37,38,48). The van der Waals surface area contributed by atoms with E-state index in [0.717, 1.165) is 16.0 Å². The molecule has 0 radical (unpaired) electrons. The van der Waals surface area contributed by atoms with E-state index in [1.54, 1.807) is 34.1 Å². The van der Waals surface area contributed by atoms with E-state index in [4.69, 9.17) is 4.74 Å². The van der Waals surface area contributed by atoms with Gasteiger partial charge in [0.05, 0.1) is 23.9 Å². The second kappa shape index (κ2) is 15.5. The molecule has 0 aliphatic carbocycles. The zero-order valence-electron chi connectivity index (χ0n) is 27.4. The number of fused-ring (bicyclic) bond motifs is 1. The van der Waals surface area contributed by atoms with Crippen molar-refractivity contribution in [1.29, 1.82) is 0 Å². The van der Waals surface area contributed by atoms with Crippen molar-refractivity contribution < 1.29 is 38.6 Å². The molecule has 0 bridgehead atoms. The highest BCUT2D eigenvalue weighted by Gasteiger charge is 2.43. The van der Waals surface area contributed by atoms with Gasteiger partial charge < -0.3 is 30.3 Å². The lowest BCUT2D eigenvalue weighted by molar-refractivity contribution is -0.142. The number of benzene rings is 3. The van der Waals surface area contributed by atoms with Crippen LogP contribution in [0.15, 0.2) is 66.7 Å². The molecular formula is C36H39N5O8. The van der Waals surface area contributed by atoms with Gasteiger partial charge in [0.15, 0.2) is 0 Å². The maximum atomic E-state index is 13.2. The highest BCUT2D eigenvalue weighted by Crippen LogP contribution is 2.28. The molecule has 2 aliphatic rings. The van der Waals surface area contributed by atoms with E-state index < -0.39 is 29.9 Å². The van der Waals surface area contributed by atoms with Crippen molar-refractivity contribution in [3.05, 3.63) is 89.0 Å². The molecule has 3 aromatic rings. The van der Waals surface area contributed by atoms with Crippen molar-refractivity contribution in [2.75, 3.05) is 43.9 Å². The molecule has 13 nitrogen and oxygen atoms in total. The molecular weight excluding hydrogens is 630 g/mol. The second-order valence-electron chi connectivity index (χ2n) is 12.0. The van der Waals surface area contributed by atoms with Crippen LogP contribution >= 0.6 is 0 Å². The summed E-state index contributed by atoms with van der Waals surface area (Å²) in [6.07, 6.45) is 0.847. The van der Waals surface area contributed by atoms with Crippen LogP contribution in [0.5, 0.6) is 5.75 Å². The minimum Gasteiger partial charge on any atom is -0.495 e. The van der Waals surface area contributed by atoms with Crippen LogP contribution in [-0.4, -0.2) is 94.8 Å². The SMILES string of the molecule is COc1cc(CCC(=O)N2CCCN(C(=O)CCC(C(=O)O)N3C(=O)c4ccccc4C3=O)CC2)ccc1NC(=O)Nc1ccccc1C. The molecule has 1 fully saturated rings. The number of aryl methyl sites for hydroxylation is 2. The summed E-state index contributed by atoms with van der Waals surface area (Å²) in [7, 11) is 1.51. The molecule has 0 spiro atoms. The van der Waals surface area contributed by atoms with Gasteiger partial charge in [0.2, 0.25) is 11.8 Å². The highest BCUT2D eigenvalue weighted by molar-refractivity contribution is 6.22. The molecule has 1 atom stereocenters. The van der Waals surface area contributed by atoms with Gasteiger partial charge in [-0.3, -0.25) is 24.1 Å². The van der Waals surface area contributed by atoms with E-state index in [-0.39, 0.29) is 48.7 Å². The molecule has 2 heterocycles. The molecule has 1 saturated heterocycles. The number of nitrogens with zero attached hydrogens (tertiary/aromatic N) is 3. The molecule has 1 unspecified atom stereocenters. The van der Waals surface area contributed by atoms with Crippen LogP contribution in [0.4, 0.5) is 16.2 Å². The molecule has 3 N–H and O–H groups in total. The highest BCUT2D eigenvalue weighted by atomic mass is 16.5. The van der Waals surface area contributed by atoms with E-state index in [1.165, 1.54) is 19.2 Å². The van der Waals surface area contributed by atoms with Gasteiger partial charge in [-0.25, -0.2) is 9.59 Å². The van der Waals surface area contributed by atoms with Gasteiger partial charge in [-0.2, -0.15) is 0 Å². The summed E-state index contributed by atoms with van der Waals surface area (Å²) in [4.78, 5) is 80.6. The Bertz CT molecular complexity index is 1740. The van der Waals surface area contributed by atoms with Crippen LogP contribution in [0, 0.1) is 6.92 Å². The van der Waals surface area contributed by atoms with Crippen molar-refractivity contribution in [1.82, 2.24) is 14.7 Å². The first kappa shape index (κ1) is 34.6. The predicted molar refractivity (Wildman–Crippen MR) is 181 cm³/mol. The molecule has 6 amide bonds. The van der Waals surface area contributed by atoms with Crippen molar-refractivity contribution in [2.24, 2.45) is 0 Å². The first-order valence-corrected chi connectivity index (χ1v) is 16.1. The Morgan fingerprint density at radius 3 is 2.00 bits per heavy atom. The number of carbonyl (C=O) groups is 6. The van der Waals surface area contributed by atoms with Crippen molar-refractivity contribution in [2.45, 2.75) is 45.1 Å². The van der Waals surface area contributed by atoms with Crippen LogP contribution in [0.2, 0.25) is 0 Å². The average molecular weight is 670 g/mol. The summed E-state index contributed by atoms with van der Waals surface area (Å²) >= 11 is 0. The summed E-state index contributed by atoms with van der Waals surface area (Å²) < 4.78 is 5.49. The minimum absolute atomic E-state index is 0.0651. The van der Waals surface area contributed by atoms with Crippen LogP contribution in [-0.2, 0) is 20.8 Å². The average Bonchev–Trinajstić information content (AvgIpc) is 3.23. The number of nitrogens with one attached hydrogen (secondary N) is 2. The largest absolute Gasteiger partial charge is 0.495 e. The van der Waals surface area contributed by atoms with E-state index in [9.17, 15) is 33.9 Å². The normalized spacial score (nSPS) is 14.9. The molecule has 49 heavy (non-hydrogen) atoms. The van der Waals surface area contributed by atoms with Gasteiger partial charge in [0.25, 0.3) is 11.8 Å². The zero-order chi connectivity index (χ0) is 35.1. The number of hydrogen-bond acceptors (Lipinski definition) is 7. The van der Waals surface area contributed by atoms with Gasteiger partial charge in [-0.05, 0) is 67.6 Å². The fourth-order valence-corrected chi connectivity index (χ4v) is 6.08. The Morgan fingerprint density at radius 2 is 1.39 bits per heavy atom. The summed E-state index contributed by atoms with van der Waals surface area (Å²) in [6.45, 7) is 3.38. The summed E-state index contributed by atoms with van der Waals surface area (Å²) in [5.74, 6) is -2.63. The van der Waals surface area contributed by atoms with Crippen molar-refractivity contribution >= 4 is 47.0 Å². The number of imide groups is 1. The summed E-state index contributed by atoms with van der Waals surface area (Å²) in [5, 5.41) is 15.5. The van der Waals surface area contributed by atoms with Crippen LogP contribution in [0.3, 0.4) is 0 Å². The number of hydrogen-bond donors (Lipinski definition) is 3. The summed E-state index contributed by atoms with van der Waals surface area (Å²) in [5.41, 5.74) is 3.26. The quantitative estimate of drug-likeness (QED) is 0.256. The van der Waals surface area contributed by atoms with Gasteiger partial charge in [-0.15, -0.1) is 0 Å². The Labute approximate surface area is 283 Å². The molecule has 0 aromatic heterocycles. The number of rotatable bonds is 11. The fraction of sp³-hybridized carbons (Fsp3) is 0.333. The van der Waals surface area contributed by atoms with Gasteiger partial charge >= 0.3 is 12.0 Å². The first-order chi connectivity index (χ1) is 23.6. The summed E-state index contributed by atoms with van der Waals surface area (Å²) in [6, 6.07) is 17.1. The number of carboxylic acid groups (broad SMARTS) is 1. The number of methoxy groups -OCH3 is 1. The number of anilines is 2. The van der Waals surface area contributed by atoms with Crippen molar-refractivity contribution in [3.8, 4) is 5.75 Å². The predicted octanol–water partition coefficient (Wildman–Crippen LogP) is 4.17. The van der Waals surface area contributed by atoms with E-state index in [2.05, 4.69) is 10.6 Å². The number of aliphatic carboxylic acids is 1. The lowest BCUT2D eigenvalue weighted by atomic mass is 10.1. The zero-order valence-corrected chi connectivity index (χ0v) is 27.4. The first-order valence-electron chi connectivity index (χ1n) is 16.1. The van der Waals surface area contributed by atoms with E-state index in [0.29, 0.717) is 49.6 Å². The number of ether oxygens (including phenoxy) is 1. The van der Waals surface area contributed by atoms with Gasteiger partial charge in [-0.1, -0.05) is 36.4 Å². The third-order valence-corrected chi connectivity index (χ3v) is 8.79. The minimum atomic E-state index is -1.47. The number of carbonyl (C=O) groups excluding carboxylic acids is 5. The number of para-hydroxylation sites is 1. The molecule has 2 aliphatic heterocycles. The third kappa shape index (κ3) is 8.06. The van der Waals surface area contributed by atoms with Crippen LogP contribution in [0.25, 0.3) is 0 Å². The van der Waals surface area contributed by atoms with Gasteiger partial charge in [0.1, 0.15) is 11.8 Å². The molecule has 256 valence electrons. The molecule has 5 rings (SSSR count). The van der Waals surface area contributed by atoms with E-state index >= 15 is 0 Å². The second-order valence-corrected chi connectivity index (χ2v) is 12.0. The lowest BCUT2D eigenvalue weighted by Gasteiger charge is -2.25. The van der Waals surface area contributed by atoms with Gasteiger partial charge in [0, 0.05) is 44.7 Å². The maximum Gasteiger partial charge on any atom is 0.326 e. The van der Waals surface area contributed by atoms with E-state index in [1.807, 2.05) is 37.3 Å². The monoisotopic (exact) mass is 669 g/mol. The Kier molecular flexibility index (Phi) is 10.9. The molecule has 3 aromatic carbocycles. The fourth-order valence-electron chi connectivity index (χ4n) is 6.08. The Morgan fingerprint density at radius 1 is 0.796 bits per heavy atom. The number of urea groups is 1. The number of amides is 6. The van der Waals surface area contributed by atoms with Crippen LogP contribution in [0.1, 0.15) is 57.5 Å². The maximum absolute atomic E-state index is 13.2.